The first-order chi connectivity index (χ1) is 38.4. The van der Waals surface area contributed by atoms with Crippen molar-refractivity contribution >= 4 is 66.1 Å². The molecule has 0 amide bonds. The van der Waals surface area contributed by atoms with Crippen LogP contribution in [0.1, 0.15) is 66.0 Å². The van der Waals surface area contributed by atoms with Crippen molar-refractivity contribution in [2.24, 2.45) is 5.92 Å². The molecule has 1 heterocycles. The van der Waals surface area contributed by atoms with Gasteiger partial charge in [-0.25, -0.2) is 0 Å². The summed E-state index contributed by atoms with van der Waals surface area (Å²) in [5, 5.41) is 7.37. The first-order valence-corrected chi connectivity index (χ1v) is 28.1. The largest absolute Gasteiger partial charge is 0.310 e. The number of fused-ring (bicyclic) bond motifs is 5. The van der Waals surface area contributed by atoms with Gasteiger partial charge in [0.1, 0.15) is 0 Å². The quantitative estimate of drug-likeness (QED) is 0.140. The Hall–Kier alpha value is -8.98. The molecule has 0 bridgehead atoms. The summed E-state index contributed by atoms with van der Waals surface area (Å²) in [6, 6.07) is 88.7. The standard InChI is InChI=1S/C77H66N2/c1-51-24-19-31-59(46-51)78-71-42-18-15-35-68(71)75-67(39-23-43-72(75)78)65-34-14-17-41-70(65)79(73-49-55(44-45-62(73)53-25-9-8-10-26-53)61-36-20-28-52-27-11-12-32-60(52)61)69-40-16-13-33-64(69)66-38-22-30-54-29-21-37-63(74(54)66)56-47-57(76(2,3)4)50-58(48-56)77(5,6)7/h8-23,25-51H,24H2,1-7H3. The highest BCUT2D eigenvalue weighted by Gasteiger charge is 2.28. The van der Waals surface area contributed by atoms with Crippen molar-refractivity contribution in [3.8, 4) is 55.6 Å². The van der Waals surface area contributed by atoms with Crippen LogP contribution in [0.5, 0.6) is 0 Å². The highest BCUT2D eigenvalue weighted by atomic mass is 15.2. The highest BCUT2D eigenvalue weighted by Crippen LogP contribution is 2.52. The van der Waals surface area contributed by atoms with E-state index >= 15 is 0 Å². The second-order valence-electron chi connectivity index (χ2n) is 23.8. The van der Waals surface area contributed by atoms with Crippen LogP contribution in [0.3, 0.4) is 0 Å². The average Bonchev–Trinajstić information content (AvgIpc) is 4.12. The van der Waals surface area contributed by atoms with Gasteiger partial charge in [-0.2, -0.15) is 0 Å². The zero-order chi connectivity index (χ0) is 54.0. The molecular formula is C77H66N2. The normalized spacial score (nSPS) is 13.9. The third kappa shape index (κ3) is 8.96. The van der Waals surface area contributed by atoms with E-state index in [-0.39, 0.29) is 10.8 Å². The van der Waals surface area contributed by atoms with E-state index in [2.05, 4.69) is 313 Å². The van der Waals surface area contributed by atoms with Gasteiger partial charge in [-0.1, -0.05) is 267 Å². The molecule has 1 unspecified atom stereocenters. The smallest absolute Gasteiger partial charge is 0.0547 e. The summed E-state index contributed by atoms with van der Waals surface area (Å²) in [6.45, 7) is 16.3. The maximum absolute atomic E-state index is 2.59. The number of allylic oxidation sites excluding steroid dienone is 4. The second-order valence-corrected chi connectivity index (χ2v) is 23.8. The number of anilines is 3. The predicted molar refractivity (Wildman–Crippen MR) is 341 cm³/mol. The van der Waals surface area contributed by atoms with Crippen LogP contribution in [-0.4, -0.2) is 4.57 Å². The molecule has 2 heteroatoms. The predicted octanol–water partition coefficient (Wildman–Crippen LogP) is 21.9. The van der Waals surface area contributed by atoms with Gasteiger partial charge in [-0.3, -0.25) is 0 Å². The molecule has 0 radical (unpaired) electrons. The molecule has 0 fully saturated rings. The van der Waals surface area contributed by atoms with Crippen LogP contribution in [-0.2, 0) is 10.8 Å². The lowest BCUT2D eigenvalue weighted by molar-refractivity contribution is 0.569. The highest BCUT2D eigenvalue weighted by molar-refractivity contribution is 6.18. The maximum Gasteiger partial charge on any atom is 0.0547 e. The molecule has 1 aliphatic carbocycles. The zero-order valence-electron chi connectivity index (χ0n) is 46.4. The fraction of sp³-hybridized carbons (Fsp3) is 0.143. The number of para-hydroxylation sites is 3. The minimum Gasteiger partial charge on any atom is -0.310 e. The van der Waals surface area contributed by atoms with Crippen LogP contribution in [0.2, 0.25) is 0 Å². The van der Waals surface area contributed by atoms with E-state index in [4.69, 9.17) is 0 Å². The van der Waals surface area contributed by atoms with Crippen molar-refractivity contribution in [1.82, 2.24) is 4.57 Å². The van der Waals surface area contributed by atoms with Crippen molar-refractivity contribution in [2.75, 3.05) is 4.90 Å². The van der Waals surface area contributed by atoms with Crippen LogP contribution >= 0.6 is 0 Å². The van der Waals surface area contributed by atoms with E-state index in [0.29, 0.717) is 5.92 Å². The summed E-state index contributed by atoms with van der Waals surface area (Å²) in [4.78, 5) is 2.59. The SMILES string of the molecule is CC1C=C(n2c3ccccc3c3c(-c4ccccc4N(c4cc(-c5cccc6ccccc56)ccc4-c4ccccc4)c4ccccc4-c4cccc5cccc(-c6cc(C(C)(C)C)cc(C(C)(C)C)c6)c45)cccc32)C=CC1. The van der Waals surface area contributed by atoms with E-state index in [1.807, 2.05) is 0 Å². The van der Waals surface area contributed by atoms with Crippen molar-refractivity contribution in [2.45, 2.75) is 65.7 Å². The third-order valence-electron chi connectivity index (χ3n) is 16.4. The zero-order valence-corrected chi connectivity index (χ0v) is 46.4. The fourth-order valence-electron chi connectivity index (χ4n) is 12.3. The molecule has 1 aromatic heterocycles. The molecule has 2 nitrogen and oxygen atoms in total. The van der Waals surface area contributed by atoms with E-state index in [9.17, 15) is 0 Å². The molecule has 1 atom stereocenters. The number of hydrogen-bond donors (Lipinski definition) is 0. The van der Waals surface area contributed by atoms with Gasteiger partial charge >= 0.3 is 0 Å². The molecule has 13 rings (SSSR count). The molecular weight excluding hydrogens is 953 g/mol. The van der Waals surface area contributed by atoms with Crippen LogP contribution in [0.15, 0.2) is 255 Å². The number of benzene rings is 11. The van der Waals surface area contributed by atoms with Crippen LogP contribution < -0.4 is 4.90 Å². The topological polar surface area (TPSA) is 8.17 Å². The van der Waals surface area contributed by atoms with Crippen LogP contribution in [0, 0.1) is 5.92 Å². The second kappa shape index (κ2) is 19.8. The van der Waals surface area contributed by atoms with Gasteiger partial charge < -0.3 is 9.47 Å². The van der Waals surface area contributed by atoms with Gasteiger partial charge in [0, 0.05) is 33.2 Å². The van der Waals surface area contributed by atoms with Crippen molar-refractivity contribution in [3.05, 3.63) is 266 Å². The molecule has 12 aromatic rings. The lowest BCUT2D eigenvalue weighted by Gasteiger charge is -2.32. The van der Waals surface area contributed by atoms with E-state index in [0.717, 1.165) is 51.3 Å². The molecule has 384 valence electrons. The summed E-state index contributed by atoms with van der Waals surface area (Å²) in [5.41, 5.74) is 21.3. The number of rotatable bonds is 9. The summed E-state index contributed by atoms with van der Waals surface area (Å²) < 4.78 is 2.48. The number of nitrogens with zero attached hydrogens (tertiary/aromatic N) is 2. The molecule has 79 heavy (non-hydrogen) atoms. The van der Waals surface area contributed by atoms with Gasteiger partial charge in [0.15, 0.2) is 0 Å². The van der Waals surface area contributed by atoms with Gasteiger partial charge in [-0.15, -0.1) is 0 Å². The monoisotopic (exact) mass is 1020 g/mol. The molecule has 0 aliphatic heterocycles. The molecule has 11 aromatic carbocycles. The van der Waals surface area contributed by atoms with Crippen molar-refractivity contribution in [1.29, 1.82) is 0 Å². The number of hydrogen-bond acceptors (Lipinski definition) is 1. The molecule has 0 saturated carbocycles. The third-order valence-corrected chi connectivity index (χ3v) is 16.4. The lowest BCUT2D eigenvalue weighted by atomic mass is 9.78. The first kappa shape index (κ1) is 49.6. The summed E-state index contributed by atoms with van der Waals surface area (Å²) in [7, 11) is 0. The average molecular weight is 1020 g/mol. The Morgan fingerprint density at radius 3 is 1.59 bits per heavy atom. The summed E-state index contributed by atoms with van der Waals surface area (Å²) in [6.07, 6.45) is 8.12. The Kier molecular flexibility index (Phi) is 12.4. The first-order valence-electron chi connectivity index (χ1n) is 28.1. The Balaban J connectivity index is 1.13. The van der Waals surface area contributed by atoms with Gasteiger partial charge in [-0.05, 0) is 131 Å². The number of aromatic nitrogens is 1. The molecule has 0 N–H and O–H groups in total. The van der Waals surface area contributed by atoms with Gasteiger partial charge in [0.25, 0.3) is 0 Å². The Bertz CT molecular complexity index is 4330. The summed E-state index contributed by atoms with van der Waals surface area (Å²) in [5.74, 6) is 0.449. The van der Waals surface area contributed by atoms with Gasteiger partial charge in [0.2, 0.25) is 0 Å². The fourth-order valence-corrected chi connectivity index (χ4v) is 12.3. The molecule has 0 spiro atoms. The van der Waals surface area contributed by atoms with E-state index < -0.39 is 0 Å². The van der Waals surface area contributed by atoms with Gasteiger partial charge in [0.05, 0.1) is 28.1 Å². The lowest BCUT2D eigenvalue weighted by Crippen LogP contribution is -2.16. The Morgan fingerprint density at radius 2 is 0.911 bits per heavy atom. The van der Waals surface area contributed by atoms with E-state index in [1.54, 1.807) is 0 Å². The van der Waals surface area contributed by atoms with E-state index in [1.165, 1.54) is 88.0 Å². The van der Waals surface area contributed by atoms with Crippen molar-refractivity contribution < 1.29 is 0 Å². The minimum atomic E-state index is -0.0387. The molecule has 1 aliphatic rings. The van der Waals surface area contributed by atoms with Crippen molar-refractivity contribution in [3.63, 3.8) is 0 Å². The van der Waals surface area contributed by atoms with Crippen LogP contribution in [0.25, 0.3) is 105 Å². The Labute approximate surface area is 466 Å². The summed E-state index contributed by atoms with van der Waals surface area (Å²) >= 11 is 0. The molecule has 0 saturated heterocycles. The minimum absolute atomic E-state index is 0.0387. The maximum atomic E-state index is 2.59. The Morgan fingerprint density at radius 1 is 0.380 bits per heavy atom. The van der Waals surface area contributed by atoms with Crippen LogP contribution in [0.4, 0.5) is 17.1 Å².